The summed E-state index contributed by atoms with van der Waals surface area (Å²) in [6.07, 6.45) is -0.309. The van der Waals surface area contributed by atoms with Crippen LogP contribution in [0, 0.1) is 0 Å². The lowest BCUT2D eigenvalue weighted by molar-refractivity contribution is 0.0461. The van der Waals surface area contributed by atoms with Crippen molar-refractivity contribution in [3.8, 4) is 0 Å². The molecule has 0 spiro atoms. The van der Waals surface area contributed by atoms with Crippen LogP contribution in [0.4, 0.5) is 10.5 Å². The number of primary amides is 1. The van der Waals surface area contributed by atoms with Gasteiger partial charge in [-0.25, -0.2) is 4.79 Å². The second-order valence-corrected chi connectivity index (χ2v) is 4.64. The van der Waals surface area contributed by atoms with Crippen molar-refractivity contribution in [2.24, 2.45) is 5.73 Å². The fourth-order valence-electron chi connectivity index (χ4n) is 1.49. The minimum Gasteiger partial charge on any atom is -0.443 e. The van der Waals surface area contributed by atoms with E-state index in [2.05, 4.69) is 0 Å². The predicted octanol–water partition coefficient (Wildman–Crippen LogP) is 2.34. The van der Waals surface area contributed by atoms with E-state index >= 15 is 0 Å². The van der Waals surface area contributed by atoms with Gasteiger partial charge in [-0.1, -0.05) is 17.7 Å². The average molecular weight is 243 g/mol. The number of benzene rings is 1. The molecular weight excluding hydrogens is 228 g/mol. The van der Waals surface area contributed by atoms with Crippen LogP contribution in [0.5, 0.6) is 0 Å². The van der Waals surface area contributed by atoms with Crippen LogP contribution in [0.15, 0.2) is 18.2 Å². The summed E-state index contributed by atoms with van der Waals surface area (Å²) in [5, 5.41) is 0.579. The molecule has 0 aliphatic carbocycles. The maximum Gasteiger partial charge on any atom is 0.405 e. The third-order valence-corrected chi connectivity index (χ3v) is 2.34. The zero-order chi connectivity index (χ0) is 12.3. The highest BCUT2D eigenvalue weighted by Gasteiger charge is 2.23. The normalized spacial score (nSPS) is 11.2. The van der Waals surface area contributed by atoms with Crippen LogP contribution in [0.3, 0.4) is 0 Å². The first-order chi connectivity index (χ1) is 7.30. The maximum absolute atomic E-state index is 10.7. The number of hydrogen-bond acceptors (Lipinski definition) is 3. The Morgan fingerprint density at radius 1 is 1.50 bits per heavy atom. The van der Waals surface area contributed by atoms with Crippen molar-refractivity contribution in [3.05, 3.63) is 28.8 Å². The van der Waals surface area contributed by atoms with Crippen LogP contribution in [-0.2, 0) is 11.2 Å². The van der Waals surface area contributed by atoms with E-state index in [9.17, 15) is 4.79 Å². The van der Waals surface area contributed by atoms with Gasteiger partial charge in [-0.05, 0) is 31.5 Å². The molecule has 0 atom stereocenters. The highest BCUT2D eigenvalue weighted by atomic mass is 35.5. The second kappa shape index (κ2) is 4.61. The number of amides is 1. The molecule has 0 unspecified atom stereocenters. The molecule has 1 amide bonds. The summed E-state index contributed by atoms with van der Waals surface area (Å²) in [6, 6.07) is 5.22. The van der Waals surface area contributed by atoms with Gasteiger partial charge in [-0.3, -0.25) is 0 Å². The lowest BCUT2D eigenvalue weighted by Gasteiger charge is -2.24. The van der Waals surface area contributed by atoms with Crippen LogP contribution < -0.4 is 11.5 Å². The van der Waals surface area contributed by atoms with E-state index in [4.69, 9.17) is 27.8 Å². The Kier molecular flexibility index (Phi) is 3.65. The van der Waals surface area contributed by atoms with E-state index in [0.717, 1.165) is 5.56 Å². The van der Waals surface area contributed by atoms with Crippen LogP contribution in [0.2, 0.25) is 5.02 Å². The molecule has 0 radical (unpaired) electrons. The van der Waals surface area contributed by atoms with E-state index in [1.54, 1.807) is 26.0 Å². The first-order valence-electron chi connectivity index (χ1n) is 4.82. The van der Waals surface area contributed by atoms with Crippen molar-refractivity contribution in [1.29, 1.82) is 0 Å². The third kappa shape index (κ3) is 3.62. The highest BCUT2D eigenvalue weighted by molar-refractivity contribution is 6.30. The molecule has 0 saturated carbocycles. The molecule has 1 aromatic carbocycles. The fourth-order valence-corrected chi connectivity index (χ4v) is 1.67. The summed E-state index contributed by atoms with van der Waals surface area (Å²) >= 11 is 5.79. The number of ether oxygens (including phenoxy) is 1. The standard InChI is InChI=1S/C11H15ClN2O2/c1-11(2,16-10(14)15)6-7-3-4-8(12)5-9(7)13/h3-5H,6,13H2,1-2H3,(H2,14,15). The molecule has 0 bridgehead atoms. The Labute approximate surface area is 99.5 Å². The van der Waals surface area contributed by atoms with Crippen LogP contribution in [-0.4, -0.2) is 11.7 Å². The number of nitrogen functional groups attached to an aromatic ring is 1. The van der Waals surface area contributed by atoms with Gasteiger partial charge < -0.3 is 16.2 Å². The van der Waals surface area contributed by atoms with Crippen molar-refractivity contribution < 1.29 is 9.53 Å². The Hall–Kier alpha value is -1.42. The van der Waals surface area contributed by atoms with Crippen LogP contribution in [0.25, 0.3) is 0 Å². The fraction of sp³-hybridized carbons (Fsp3) is 0.364. The molecule has 0 saturated heterocycles. The van der Waals surface area contributed by atoms with Crippen molar-refractivity contribution in [2.45, 2.75) is 25.9 Å². The summed E-state index contributed by atoms with van der Waals surface area (Å²) in [4.78, 5) is 10.7. The zero-order valence-corrected chi connectivity index (χ0v) is 10.0. The SMILES string of the molecule is CC(C)(Cc1ccc(Cl)cc1N)OC(N)=O. The van der Waals surface area contributed by atoms with Gasteiger partial charge in [-0.2, -0.15) is 0 Å². The molecule has 4 N–H and O–H groups in total. The molecule has 0 aromatic heterocycles. The monoisotopic (exact) mass is 242 g/mol. The summed E-state index contributed by atoms with van der Waals surface area (Å²) in [5.74, 6) is 0. The topological polar surface area (TPSA) is 78.3 Å². The van der Waals surface area contributed by atoms with Crippen LogP contribution in [0.1, 0.15) is 19.4 Å². The zero-order valence-electron chi connectivity index (χ0n) is 9.29. The summed E-state index contributed by atoms with van der Waals surface area (Å²) in [5.41, 5.74) is 11.5. The van der Waals surface area contributed by atoms with Gasteiger partial charge >= 0.3 is 6.09 Å². The number of nitrogens with two attached hydrogens (primary N) is 2. The molecule has 0 fully saturated rings. The summed E-state index contributed by atoms with van der Waals surface area (Å²) in [6.45, 7) is 3.54. The van der Waals surface area contributed by atoms with E-state index < -0.39 is 11.7 Å². The first kappa shape index (κ1) is 12.6. The number of hydrogen-bond donors (Lipinski definition) is 2. The van der Waals surface area contributed by atoms with E-state index in [0.29, 0.717) is 17.1 Å². The molecule has 4 nitrogen and oxygen atoms in total. The number of carbonyl (C=O) groups is 1. The van der Waals surface area contributed by atoms with E-state index in [1.165, 1.54) is 0 Å². The predicted molar refractivity (Wildman–Crippen MR) is 64.3 cm³/mol. The van der Waals surface area contributed by atoms with Gasteiger partial charge in [0.15, 0.2) is 0 Å². The highest BCUT2D eigenvalue weighted by Crippen LogP contribution is 2.24. The number of halogens is 1. The lowest BCUT2D eigenvalue weighted by Crippen LogP contribution is -2.33. The van der Waals surface area contributed by atoms with Crippen molar-refractivity contribution in [1.82, 2.24) is 0 Å². The molecule has 88 valence electrons. The average Bonchev–Trinajstić information content (AvgIpc) is 2.07. The molecule has 1 rings (SSSR count). The molecular formula is C11H15ClN2O2. The Bertz CT molecular complexity index is 405. The quantitative estimate of drug-likeness (QED) is 0.799. The molecule has 16 heavy (non-hydrogen) atoms. The van der Waals surface area contributed by atoms with Gasteiger partial charge in [0, 0.05) is 17.1 Å². The lowest BCUT2D eigenvalue weighted by atomic mass is 9.97. The largest absolute Gasteiger partial charge is 0.443 e. The first-order valence-corrected chi connectivity index (χ1v) is 5.20. The minimum atomic E-state index is -0.794. The summed E-state index contributed by atoms with van der Waals surface area (Å²) < 4.78 is 4.98. The van der Waals surface area contributed by atoms with Crippen molar-refractivity contribution in [3.63, 3.8) is 0 Å². The molecule has 0 aliphatic rings. The van der Waals surface area contributed by atoms with Gasteiger partial charge in [0.1, 0.15) is 5.60 Å². The van der Waals surface area contributed by atoms with Crippen molar-refractivity contribution >= 4 is 23.4 Å². The van der Waals surface area contributed by atoms with E-state index in [1.807, 2.05) is 6.07 Å². The Morgan fingerprint density at radius 3 is 2.62 bits per heavy atom. The van der Waals surface area contributed by atoms with Crippen LogP contribution >= 0.6 is 11.6 Å². The van der Waals surface area contributed by atoms with Gasteiger partial charge in [0.25, 0.3) is 0 Å². The van der Waals surface area contributed by atoms with Gasteiger partial charge in [0.05, 0.1) is 0 Å². The van der Waals surface area contributed by atoms with Gasteiger partial charge in [0.2, 0.25) is 0 Å². The third-order valence-electron chi connectivity index (χ3n) is 2.10. The smallest absolute Gasteiger partial charge is 0.405 e. The molecule has 5 heteroatoms. The number of carbonyl (C=O) groups excluding carboxylic acids is 1. The van der Waals surface area contributed by atoms with Crippen molar-refractivity contribution in [2.75, 3.05) is 5.73 Å². The molecule has 0 aliphatic heterocycles. The van der Waals surface area contributed by atoms with Gasteiger partial charge in [-0.15, -0.1) is 0 Å². The maximum atomic E-state index is 10.7. The molecule has 0 heterocycles. The Morgan fingerprint density at radius 2 is 2.12 bits per heavy atom. The molecule has 1 aromatic rings. The number of anilines is 1. The minimum absolute atomic E-state index is 0.485. The Balaban J connectivity index is 2.83. The summed E-state index contributed by atoms with van der Waals surface area (Å²) in [7, 11) is 0. The van der Waals surface area contributed by atoms with E-state index in [-0.39, 0.29) is 0 Å². The second-order valence-electron chi connectivity index (χ2n) is 4.20. The number of rotatable bonds is 3.